The number of hydrogen-bond donors (Lipinski definition) is 2. The van der Waals surface area contributed by atoms with Crippen LogP contribution in [0.15, 0.2) is 24.3 Å². The summed E-state index contributed by atoms with van der Waals surface area (Å²) in [5, 5.41) is 12.3. The third-order valence-electron chi connectivity index (χ3n) is 2.87. The van der Waals surface area contributed by atoms with E-state index >= 15 is 0 Å². The molecule has 1 aliphatic rings. The molecule has 1 unspecified atom stereocenters. The van der Waals surface area contributed by atoms with Gasteiger partial charge in [-0.1, -0.05) is 6.07 Å². The summed E-state index contributed by atoms with van der Waals surface area (Å²) in [6, 6.07) is 4.35. The lowest BCUT2D eigenvalue weighted by Crippen LogP contribution is -2.42. The molecule has 0 spiro atoms. The minimum Gasteiger partial charge on any atom is -0.379 e. The third-order valence-corrected chi connectivity index (χ3v) is 4.05. The molecule has 0 bridgehead atoms. The lowest BCUT2D eigenvalue weighted by Gasteiger charge is -2.20. The number of rotatable bonds is 2. The van der Waals surface area contributed by atoms with E-state index in [2.05, 4.69) is 5.32 Å². The second-order valence-corrected chi connectivity index (χ2v) is 5.47. The zero-order valence-corrected chi connectivity index (χ0v) is 10.6. The average Bonchev–Trinajstić information content (AvgIpc) is 2.77. The zero-order valence-electron chi connectivity index (χ0n) is 9.83. The molecule has 1 aliphatic heterocycles. The maximum atomic E-state index is 12.5. The molecule has 7 heteroatoms. The van der Waals surface area contributed by atoms with Crippen molar-refractivity contribution in [2.24, 2.45) is 0 Å². The van der Waals surface area contributed by atoms with Gasteiger partial charge < -0.3 is 10.4 Å². The van der Waals surface area contributed by atoms with E-state index in [0.717, 1.165) is 12.1 Å². The molecule has 1 fully saturated rings. The standard InChI is InChI=1S/C12H12F3NO2S/c13-12(14,15)8-2-1-3-9(6-8)16-10(17)11(18)4-5-19-7-11/h1-3,6,18H,4-5,7H2,(H,16,17). The SMILES string of the molecule is O=C(Nc1cccc(C(F)(F)F)c1)C1(O)CCSC1. The molecule has 1 amide bonds. The summed E-state index contributed by atoms with van der Waals surface area (Å²) in [6.07, 6.45) is -4.15. The number of benzene rings is 1. The number of hydrogen-bond acceptors (Lipinski definition) is 3. The highest BCUT2D eigenvalue weighted by molar-refractivity contribution is 7.99. The molecule has 2 N–H and O–H groups in total. The summed E-state index contributed by atoms with van der Waals surface area (Å²) in [7, 11) is 0. The normalized spacial score (nSPS) is 23.4. The summed E-state index contributed by atoms with van der Waals surface area (Å²) >= 11 is 1.44. The molecule has 0 aromatic heterocycles. The zero-order chi connectivity index (χ0) is 14.1. The Kier molecular flexibility index (Phi) is 3.78. The Hall–Kier alpha value is -1.21. The van der Waals surface area contributed by atoms with E-state index in [4.69, 9.17) is 0 Å². The number of thioether (sulfide) groups is 1. The molecule has 3 nitrogen and oxygen atoms in total. The van der Waals surface area contributed by atoms with Gasteiger partial charge in [0.25, 0.3) is 5.91 Å². The van der Waals surface area contributed by atoms with Crippen molar-refractivity contribution in [3.05, 3.63) is 29.8 Å². The van der Waals surface area contributed by atoms with Crippen molar-refractivity contribution in [3.63, 3.8) is 0 Å². The van der Waals surface area contributed by atoms with E-state index in [1.54, 1.807) is 0 Å². The predicted molar refractivity (Wildman–Crippen MR) is 67.0 cm³/mol. The van der Waals surface area contributed by atoms with Gasteiger partial charge in [0.05, 0.1) is 5.56 Å². The first-order valence-corrected chi connectivity index (χ1v) is 6.76. The number of anilines is 1. The summed E-state index contributed by atoms with van der Waals surface area (Å²) in [6.45, 7) is 0. The Bertz CT molecular complexity index is 484. The number of halogens is 3. The second kappa shape index (κ2) is 5.05. The average molecular weight is 291 g/mol. The molecule has 2 rings (SSSR count). The van der Waals surface area contributed by atoms with Crippen LogP contribution in [0.3, 0.4) is 0 Å². The van der Waals surface area contributed by atoms with E-state index in [9.17, 15) is 23.1 Å². The Balaban J connectivity index is 2.13. The van der Waals surface area contributed by atoms with E-state index in [1.165, 1.54) is 23.9 Å². The van der Waals surface area contributed by atoms with Gasteiger partial charge in [0, 0.05) is 11.4 Å². The Morgan fingerprint density at radius 2 is 2.16 bits per heavy atom. The Morgan fingerprint density at radius 3 is 2.74 bits per heavy atom. The summed E-state index contributed by atoms with van der Waals surface area (Å²) in [5.74, 6) is 0.265. The van der Waals surface area contributed by atoms with Crippen LogP contribution in [-0.2, 0) is 11.0 Å². The molecule has 1 saturated heterocycles. The first-order chi connectivity index (χ1) is 8.81. The quantitative estimate of drug-likeness (QED) is 0.880. The molecule has 104 valence electrons. The molecular weight excluding hydrogens is 279 g/mol. The topological polar surface area (TPSA) is 49.3 Å². The van der Waals surface area contributed by atoms with Gasteiger partial charge in [-0.2, -0.15) is 24.9 Å². The number of nitrogens with one attached hydrogen (secondary N) is 1. The van der Waals surface area contributed by atoms with Crippen LogP contribution in [0.5, 0.6) is 0 Å². The fourth-order valence-electron chi connectivity index (χ4n) is 1.75. The van der Waals surface area contributed by atoms with Crippen molar-refractivity contribution < 1.29 is 23.1 Å². The van der Waals surface area contributed by atoms with E-state index in [0.29, 0.717) is 12.2 Å². The highest BCUT2D eigenvalue weighted by atomic mass is 32.2. The highest BCUT2D eigenvalue weighted by Gasteiger charge is 2.39. The molecule has 1 heterocycles. The van der Waals surface area contributed by atoms with Crippen LogP contribution in [0.1, 0.15) is 12.0 Å². The van der Waals surface area contributed by atoms with Gasteiger partial charge in [0.15, 0.2) is 5.60 Å². The van der Waals surface area contributed by atoms with Crippen molar-refractivity contribution in [2.75, 3.05) is 16.8 Å². The van der Waals surface area contributed by atoms with E-state index in [-0.39, 0.29) is 11.4 Å². The number of carbonyl (C=O) groups is 1. The molecule has 19 heavy (non-hydrogen) atoms. The van der Waals surface area contributed by atoms with Crippen molar-refractivity contribution in [1.82, 2.24) is 0 Å². The molecule has 1 atom stereocenters. The van der Waals surface area contributed by atoms with E-state index < -0.39 is 23.2 Å². The van der Waals surface area contributed by atoms with Gasteiger partial charge in [-0.25, -0.2) is 0 Å². The van der Waals surface area contributed by atoms with Gasteiger partial charge in [0.2, 0.25) is 0 Å². The van der Waals surface area contributed by atoms with Gasteiger partial charge in [-0.15, -0.1) is 0 Å². The fraction of sp³-hybridized carbons (Fsp3) is 0.417. The maximum absolute atomic E-state index is 12.5. The van der Waals surface area contributed by atoms with Crippen molar-refractivity contribution in [3.8, 4) is 0 Å². The minimum atomic E-state index is -4.46. The van der Waals surface area contributed by atoms with Crippen molar-refractivity contribution >= 4 is 23.4 Å². The third kappa shape index (κ3) is 3.22. The minimum absolute atomic E-state index is 0.0325. The highest BCUT2D eigenvalue weighted by Crippen LogP contribution is 2.32. The van der Waals surface area contributed by atoms with Gasteiger partial charge in [-0.05, 0) is 30.4 Å². The lowest BCUT2D eigenvalue weighted by molar-refractivity contribution is -0.137. The largest absolute Gasteiger partial charge is 0.416 e. The molecule has 0 radical (unpaired) electrons. The number of aliphatic hydroxyl groups is 1. The van der Waals surface area contributed by atoms with Crippen LogP contribution in [0.25, 0.3) is 0 Å². The summed E-state index contributed by atoms with van der Waals surface area (Å²) in [4.78, 5) is 11.8. The smallest absolute Gasteiger partial charge is 0.379 e. The van der Waals surface area contributed by atoms with Crippen LogP contribution in [0.2, 0.25) is 0 Å². The summed E-state index contributed by atoms with van der Waals surface area (Å²) in [5.41, 5.74) is -2.29. The molecule has 1 aromatic carbocycles. The first kappa shape index (κ1) is 14.2. The molecule has 0 aliphatic carbocycles. The number of carbonyl (C=O) groups excluding carboxylic acids is 1. The molecular formula is C12H12F3NO2S. The van der Waals surface area contributed by atoms with Crippen LogP contribution < -0.4 is 5.32 Å². The van der Waals surface area contributed by atoms with Crippen LogP contribution in [-0.4, -0.2) is 28.1 Å². The Labute approximate surface area is 112 Å². The second-order valence-electron chi connectivity index (χ2n) is 4.37. The van der Waals surface area contributed by atoms with Crippen LogP contribution in [0.4, 0.5) is 18.9 Å². The number of amides is 1. The first-order valence-electron chi connectivity index (χ1n) is 5.60. The van der Waals surface area contributed by atoms with E-state index in [1.807, 2.05) is 0 Å². The van der Waals surface area contributed by atoms with Gasteiger partial charge in [-0.3, -0.25) is 4.79 Å². The maximum Gasteiger partial charge on any atom is 0.416 e. The van der Waals surface area contributed by atoms with Crippen molar-refractivity contribution in [2.45, 2.75) is 18.2 Å². The lowest BCUT2D eigenvalue weighted by atomic mass is 10.0. The predicted octanol–water partition coefficient (Wildman–Crippen LogP) is 2.51. The van der Waals surface area contributed by atoms with Crippen LogP contribution >= 0.6 is 11.8 Å². The number of alkyl halides is 3. The van der Waals surface area contributed by atoms with Gasteiger partial charge >= 0.3 is 6.18 Å². The molecule has 0 saturated carbocycles. The molecule has 1 aromatic rings. The van der Waals surface area contributed by atoms with Crippen LogP contribution in [0, 0.1) is 0 Å². The van der Waals surface area contributed by atoms with Gasteiger partial charge in [0.1, 0.15) is 0 Å². The van der Waals surface area contributed by atoms with Crippen molar-refractivity contribution in [1.29, 1.82) is 0 Å². The summed E-state index contributed by atoms with van der Waals surface area (Å²) < 4.78 is 37.5. The fourth-order valence-corrected chi connectivity index (χ4v) is 2.99. The monoisotopic (exact) mass is 291 g/mol. The Morgan fingerprint density at radius 1 is 1.42 bits per heavy atom.